The minimum Gasteiger partial charge on any atom is -0.462 e. The summed E-state index contributed by atoms with van der Waals surface area (Å²) in [5, 5.41) is 2.72. The molecule has 1 heterocycles. The molecule has 31 heavy (non-hydrogen) atoms. The molecule has 8 heteroatoms. The molecule has 2 aromatic carbocycles. The zero-order valence-electron chi connectivity index (χ0n) is 17.5. The van der Waals surface area contributed by atoms with Gasteiger partial charge < -0.3 is 14.8 Å². The van der Waals surface area contributed by atoms with Gasteiger partial charge >= 0.3 is 5.97 Å². The Morgan fingerprint density at radius 3 is 2.29 bits per heavy atom. The lowest BCUT2D eigenvalue weighted by Gasteiger charge is -2.12. The second kappa shape index (κ2) is 9.99. The maximum absolute atomic E-state index is 12.6. The first-order valence-corrected chi connectivity index (χ1v) is 10.0. The second-order valence-electron chi connectivity index (χ2n) is 7.04. The monoisotopic (exact) mass is 424 g/mol. The lowest BCUT2D eigenvalue weighted by Crippen LogP contribution is -2.31. The molecule has 0 aliphatic carbocycles. The van der Waals surface area contributed by atoms with Crippen molar-refractivity contribution in [2.75, 3.05) is 32.2 Å². The molecular weight excluding hydrogens is 400 g/mol. The summed E-state index contributed by atoms with van der Waals surface area (Å²) < 4.78 is 10.0. The number of amides is 3. The van der Waals surface area contributed by atoms with E-state index < -0.39 is 17.8 Å². The van der Waals surface area contributed by atoms with E-state index in [4.69, 9.17) is 9.47 Å². The Bertz CT molecular complexity index is 1000. The molecule has 0 atom stereocenters. The maximum Gasteiger partial charge on any atom is 0.338 e. The Morgan fingerprint density at radius 2 is 1.61 bits per heavy atom. The molecule has 0 spiro atoms. The highest BCUT2D eigenvalue weighted by molar-refractivity contribution is 6.22. The van der Waals surface area contributed by atoms with E-state index in [2.05, 4.69) is 5.32 Å². The fourth-order valence-electron chi connectivity index (χ4n) is 3.17. The van der Waals surface area contributed by atoms with Crippen molar-refractivity contribution in [2.24, 2.45) is 0 Å². The van der Waals surface area contributed by atoms with Gasteiger partial charge in [0.1, 0.15) is 0 Å². The largest absolute Gasteiger partial charge is 0.462 e. The molecule has 0 saturated heterocycles. The fourth-order valence-corrected chi connectivity index (χ4v) is 3.17. The summed E-state index contributed by atoms with van der Waals surface area (Å²) in [6.45, 7) is 2.96. The summed E-state index contributed by atoms with van der Waals surface area (Å²) in [6, 6.07) is 10.8. The number of hydrogen-bond acceptors (Lipinski definition) is 6. The molecule has 162 valence electrons. The highest BCUT2D eigenvalue weighted by Gasteiger charge is 2.35. The van der Waals surface area contributed by atoms with Gasteiger partial charge in [0.15, 0.2) is 0 Å². The number of fused-ring (bicyclic) bond motifs is 1. The topological polar surface area (TPSA) is 102 Å². The average molecular weight is 424 g/mol. The first kappa shape index (κ1) is 22.2. The van der Waals surface area contributed by atoms with Gasteiger partial charge in [0.25, 0.3) is 17.7 Å². The number of rotatable bonds is 9. The maximum atomic E-state index is 12.6. The van der Waals surface area contributed by atoms with Crippen molar-refractivity contribution in [3.8, 4) is 0 Å². The molecule has 0 aromatic heterocycles. The number of nitrogens with zero attached hydrogens (tertiary/aromatic N) is 1. The van der Waals surface area contributed by atoms with Crippen LogP contribution in [-0.4, -0.2) is 55.5 Å². The van der Waals surface area contributed by atoms with Crippen LogP contribution in [0.2, 0.25) is 0 Å². The third kappa shape index (κ3) is 4.97. The van der Waals surface area contributed by atoms with Crippen LogP contribution >= 0.6 is 0 Å². The van der Waals surface area contributed by atoms with E-state index >= 15 is 0 Å². The minimum absolute atomic E-state index is 0.212. The van der Waals surface area contributed by atoms with Gasteiger partial charge in [-0.25, -0.2) is 4.79 Å². The van der Waals surface area contributed by atoms with E-state index in [1.54, 1.807) is 31.4 Å². The molecule has 0 unspecified atom stereocenters. The molecule has 3 amide bonds. The lowest BCUT2D eigenvalue weighted by atomic mass is 10.1. The van der Waals surface area contributed by atoms with E-state index in [-0.39, 0.29) is 29.1 Å². The van der Waals surface area contributed by atoms with Crippen LogP contribution in [0.25, 0.3) is 0 Å². The van der Waals surface area contributed by atoms with Crippen LogP contribution in [0.15, 0.2) is 42.5 Å². The average Bonchev–Trinajstić information content (AvgIpc) is 3.02. The molecule has 1 aliphatic rings. The minimum atomic E-state index is -0.429. The molecule has 2 aromatic rings. The lowest BCUT2D eigenvalue weighted by molar-refractivity contribution is 0.0504. The molecule has 0 fully saturated rings. The number of benzene rings is 2. The highest BCUT2D eigenvalue weighted by Crippen LogP contribution is 2.25. The Hall–Kier alpha value is -3.52. The van der Waals surface area contributed by atoms with E-state index in [0.29, 0.717) is 30.9 Å². The van der Waals surface area contributed by atoms with Gasteiger partial charge in [0, 0.05) is 31.5 Å². The number of ether oxygens (including phenoxy) is 2. The SMILES string of the molecule is CCCOC(=O)c1ccc(NC(=O)c2ccc3c(c2)C(=O)N(CCCOC)C3=O)cc1. The van der Waals surface area contributed by atoms with Gasteiger partial charge in [-0.1, -0.05) is 6.92 Å². The number of carbonyl (C=O) groups excluding carboxylic acids is 4. The van der Waals surface area contributed by atoms with E-state index in [1.165, 1.54) is 23.1 Å². The summed E-state index contributed by atoms with van der Waals surface area (Å²) >= 11 is 0. The fraction of sp³-hybridized carbons (Fsp3) is 0.304. The van der Waals surface area contributed by atoms with Crippen molar-refractivity contribution in [1.29, 1.82) is 0 Å². The van der Waals surface area contributed by atoms with Gasteiger partial charge in [0.05, 0.1) is 23.3 Å². The summed E-state index contributed by atoms with van der Waals surface area (Å²) in [5.41, 5.74) is 1.63. The van der Waals surface area contributed by atoms with E-state index in [1.807, 2.05) is 6.92 Å². The normalized spacial score (nSPS) is 12.6. The van der Waals surface area contributed by atoms with Crippen LogP contribution in [0.1, 0.15) is 61.2 Å². The van der Waals surface area contributed by atoms with Crippen molar-refractivity contribution in [3.05, 3.63) is 64.7 Å². The van der Waals surface area contributed by atoms with Gasteiger partial charge in [-0.3, -0.25) is 19.3 Å². The Morgan fingerprint density at radius 1 is 0.935 bits per heavy atom. The second-order valence-corrected chi connectivity index (χ2v) is 7.04. The summed E-state index contributed by atoms with van der Waals surface area (Å²) in [4.78, 5) is 50.7. The van der Waals surface area contributed by atoms with Crippen molar-refractivity contribution in [3.63, 3.8) is 0 Å². The first-order valence-electron chi connectivity index (χ1n) is 10.0. The van der Waals surface area contributed by atoms with Crippen molar-refractivity contribution < 1.29 is 28.7 Å². The molecular formula is C23H24N2O6. The van der Waals surface area contributed by atoms with Crippen LogP contribution in [0.4, 0.5) is 5.69 Å². The highest BCUT2D eigenvalue weighted by atomic mass is 16.5. The quantitative estimate of drug-likeness (QED) is 0.377. The number of methoxy groups -OCH3 is 1. The van der Waals surface area contributed by atoms with Gasteiger partial charge in [0.2, 0.25) is 0 Å². The Balaban J connectivity index is 1.68. The van der Waals surface area contributed by atoms with Crippen molar-refractivity contribution in [2.45, 2.75) is 19.8 Å². The van der Waals surface area contributed by atoms with Crippen LogP contribution < -0.4 is 5.32 Å². The van der Waals surface area contributed by atoms with Crippen molar-refractivity contribution >= 4 is 29.4 Å². The van der Waals surface area contributed by atoms with Gasteiger partial charge in [-0.05, 0) is 55.3 Å². The molecule has 0 bridgehead atoms. The van der Waals surface area contributed by atoms with Crippen LogP contribution in [0, 0.1) is 0 Å². The first-order chi connectivity index (χ1) is 15.0. The molecule has 8 nitrogen and oxygen atoms in total. The third-order valence-corrected chi connectivity index (χ3v) is 4.78. The van der Waals surface area contributed by atoms with Crippen LogP contribution in [0.3, 0.4) is 0 Å². The predicted molar refractivity (Wildman–Crippen MR) is 113 cm³/mol. The number of carbonyl (C=O) groups is 4. The summed E-state index contributed by atoms with van der Waals surface area (Å²) in [6.07, 6.45) is 1.27. The molecule has 3 rings (SSSR count). The zero-order chi connectivity index (χ0) is 22.4. The van der Waals surface area contributed by atoms with E-state index in [9.17, 15) is 19.2 Å². The van der Waals surface area contributed by atoms with Crippen molar-refractivity contribution in [1.82, 2.24) is 4.90 Å². The number of anilines is 1. The smallest absolute Gasteiger partial charge is 0.338 e. The molecule has 1 N–H and O–H groups in total. The van der Waals surface area contributed by atoms with Crippen LogP contribution in [-0.2, 0) is 9.47 Å². The summed E-state index contributed by atoms with van der Waals surface area (Å²) in [7, 11) is 1.55. The molecule has 0 saturated carbocycles. The number of nitrogens with one attached hydrogen (secondary N) is 1. The number of esters is 1. The zero-order valence-corrected chi connectivity index (χ0v) is 17.5. The standard InChI is InChI=1S/C23H24N2O6/c1-3-12-31-23(29)15-5-8-17(9-6-15)24-20(26)16-7-10-18-19(14-16)22(28)25(21(18)27)11-4-13-30-2/h5-10,14H,3-4,11-13H2,1-2H3,(H,24,26). The number of imide groups is 1. The predicted octanol–water partition coefficient (Wildman–Crippen LogP) is 3.14. The van der Waals surface area contributed by atoms with E-state index in [0.717, 1.165) is 6.42 Å². The van der Waals surface area contributed by atoms with Crippen LogP contribution in [0.5, 0.6) is 0 Å². The van der Waals surface area contributed by atoms with Gasteiger partial charge in [-0.2, -0.15) is 0 Å². The van der Waals surface area contributed by atoms with Gasteiger partial charge in [-0.15, -0.1) is 0 Å². The Labute approximate surface area is 180 Å². The Kier molecular flexibility index (Phi) is 7.15. The summed E-state index contributed by atoms with van der Waals surface area (Å²) in [5.74, 6) is -1.63. The molecule has 1 aliphatic heterocycles. The number of hydrogen-bond donors (Lipinski definition) is 1. The third-order valence-electron chi connectivity index (χ3n) is 4.78. The molecule has 0 radical (unpaired) electrons.